The van der Waals surface area contributed by atoms with E-state index in [-0.39, 0.29) is 18.5 Å². The van der Waals surface area contributed by atoms with Gasteiger partial charge in [0.1, 0.15) is 6.10 Å². The molecule has 2 aromatic rings. The number of hydrogen-bond acceptors (Lipinski definition) is 4. The number of ether oxygens (including phenoxy) is 1. The Hall–Kier alpha value is -1.39. The lowest BCUT2D eigenvalue weighted by Gasteiger charge is -2.13. The summed E-state index contributed by atoms with van der Waals surface area (Å²) < 4.78 is 5.41. The van der Waals surface area contributed by atoms with Crippen molar-refractivity contribution in [1.29, 1.82) is 0 Å². The van der Waals surface area contributed by atoms with Gasteiger partial charge in [0.05, 0.1) is 17.1 Å². The molecule has 0 fully saturated rings. The maximum Gasteiger partial charge on any atom is 0.312 e. The second kappa shape index (κ2) is 6.86. The summed E-state index contributed by atoms with van der Waals surface area (Å²) in [6.45, 7) is 3.89. The molecular weight excluding hydrogens is 294 g/mol. The first-order valence-corrected chi connectivity index (χ1v) is 7.72. The highest BCUT2D eigenvalue weighted by Gasteiger charge is 2.13. The van der Waals surface area contributed by atoms with Gasteiger partial charge in [-0.25, -0.2) is 4.98 Å². The van der Waals surface area contributed by atoms with E-state index in [0.717, 1.165) is 22.7 Å². The van der Waals surface area contributed by atoms with Crippen molar-refractivity contribution in [2.75, 3.05) is 0 Å². The monoisotopic (exact) mass is 309 g/mol. The first kappa shape index (κ1) is 15.0. The summed E-state index contributed by atoms with van der Waals surface area (Å²) in [6.07, 6.45) is 0.819. The number of halogens is 1. The van der Waals surface area contributed by atoms with Gasteiger partial charge >= 0.3 is 5.97 Å². The van der Waals surface area contributed by atoms with E-state index in [0.29, 0.717) is 5.02 Å². The number of esters is 1. The third kappa shape index (κ3) is 4.05. The Kier molecular flexibility index (Phi) is 5.15. The van der Waals surface area contributed by atoms with Crippen LogP contribution in [0.2, 0.25) is 5.02 Å². The zero-order valence-corrected chi connectivity index (χ0v) is 13.0. The number of aromatic nitrogens is 1. The van der Waals surface area contributed by atoms with E-state index in [1.165, 1.54) is 0 Å². The molecule has 2 rings (SSSR count). The van der Waals surface area contributed by atoms with Crippen molar-refractivity contribution in [2.45, 2.75) is 32.8 Å². The number of carbonyl (C=O) groups is 1. The minimum Gasteiger partial charge on any atom is -0.457 e. The van der Waals surface area contributed by atoms with Crippen LogP contribution in [-0.4, -0.2) is 11.0 Å². The highest BCUT2D eigenvalue weighted by atomic mass is 35.5. The first-order valence-electron chi connectivity index (χ1n) is 6.46. The normalized spacial score (nSPS) is 12.2. The van der Waals surface area contributed by atoms with Crippen molar-refractivity contribution in [3.8, 4) is 0 Å². The fourth-order valence-corrected chi connectivity index (χ4v) is 2.65. The lowest BCUT2D eigenvalue weighted by Crippen LogP contribution is -2.11. The van der Waals surface area contributed by atoms with Gasteiger partial charge in [-0.1, -0.05) is 30.7 Å². The van der Waals surface area contributed by atoms with Crippen LogP contribution in [0.1, 0.15) is 36.2 Å². The molecule has 0 N–H and O–H groups in total. The fraction of sp³-hybridized carbons (Fsp3) is 0.333. The van der Waals surface area contributed by atoms with E-state index in [4.69, 9.17) is 16.3 Å². The third-order valence-corrected chi connectivity index (χ3v) is 4.17. The van der Waals surface area contributed by atoms with Gasteiger partial charge in [0, 0.05) is 10.4 Å². The molecule has 106 valence electrons. The lowest BCUT2D eigenvalue weighted by atomic mass is 10.1. The zero-order valence-electron chi connectivity index (χ0n) is 11.4. The maximum atomic E-state index is 11.9. The molecular formula is C15H16ClNO2S. The number of hydrogen-bond donors (Lipinski definition) is 0. The molecule has 0 amide bonds. The van der Waals surface area contributed by atoms with Crippen LogP contribution >= 0.6 is 22.9 Å². The number of nitrogens with zero attached hydrogens (tertiary/aromatic N) is 1. The van der Waals surface area contributed by atoms with Crippen molar-refractivity contribution in [1.82, 2.24) is 4.98 Å². The third-order valence-electron chi connectivity index (χ3n) is 2.87. The molecule has 3 nitrogen and oxygen atoms in total. The minimum absolute atomic E-state index is 0.217. The average Bonchev–Trinajstić information content (AvgIpc) is 2.86. The molecule has 1 heterocycles. The van der Waals surface area contributed by atoms with Gasteiger partial charge in [-0.05, 0) is 31.0 Å². The van der Waals surface area contributed by atoms with Crippen molar-refractivity contribution >= 4 is 28.9 Å². The Balaban J connectivity index is 1.92. The standard InChI is InChI=1S/C15H16ClNO2S/c1-3-14-17-13(9-20-14)8-15(18)19-10(2)11-4-6-12(16)7-5-11/h4-7,9-10H,3,8H2,1-2H3. The van der Waals surface area contributed by atoms with E-state index in [1.54, 1.807) is 23.5 Å². The second-order valence-electron chi connectivity index (χ2n) is 4.45. The van der Waals surface area contributed by atoms with E-state index >= 15 is 0 Å². The maximum absolute atomic E-state index is 11.9. The molecule has 0 bridgehead atoms. The molecule has 0 aliphatic carbocycles. The van der Waals surface area contributed by atoms with Gasteiger partial charge in [-0.2, -0.15) is 0 Å². The predicted molar refractivity (Wildman–Crippen MR) is 81.2 cm³/mol. The molecule has 0 saturated carbocycles. The van der Waals surface area contributed by atoms with Crippen LogP contribution in [0.25, 0.3) is 0 Å². The summed E-state index contributed by atoms with van der Waals surface area (Å²) >= 11 is 7.41. The lowest BCUT2D eigenvalue weighted by molar-refractivity contribution is -0.147. The quantitative estimate of drug-likeness (QED) is 0.777. The Morgan fingerprint density at radius 3 is 2.70 bits per heavy atom. The van der Waals surface area contributed by atoms with E-state index in [9.17, 15) is 4.79 Å². The average molecular weight is 310 g/mol. The summed E-state index contributed by atoms with van der Waals surface area (Å²) in [4.78, 5) is 16.2. The molecule has 0 saturated heterocycles. The number of benzene rings is 1. The van der Waals surface area contributed by atoms with Crippen LogP contribution in [0.3, 0.4) is 0 Å². The zero-order chi connectivity index (χ0) is 14.5. The molecule has 1 aromatic carbocycles. The Labute approximate surface area is 127 Å². The largest absolute Gasteiger partial charge is 0.457 e. The second-order valence-corrected chi connectivity index (χ2v) is 5.83. The minimum atomic E-state index is -0.288. The van der Waals surface area contributed by atoms with Crippen molar-refractivity contribution < 1.29 is 9.53 Å². The number of carbonyl (C=O) groups excluding carboxylic acids is 1. The van der Waals surface area contributed by atoms with Gasteiger partial charge < -0.3 is 4.74 Å². The SMILES string of the molecule is CCc1nc(CC(=O)OC(C)c2ccc(Cl)cc2)cs1. The Bertz CT molecular complexity index is 580. The molecule has 1 aromatic heterocycles. The van der Waals surface area contributed by atoms with Crippen LogP contribution < -0.4 is 0 Å². The van der Waals surface area contributed by atoms with Crippen LogP contribution in [0.5, 0.6) is 0 Å². The molecule has 0 aliphatic heterocycles. The van der Waals surface area contributed by atoms with Crippen LogP contribution in [0.15, 0.2) is 29.6 Å². The van der Waals surface area contributed by atoms with E-state index in [2.05, 4.69) is 4.98 Å². The highest BCUT2D eigenvalue weighted by molar-refractivity contribution is 7.09. The Morgan fingerprint density at radius 2 is 2.10 bits per heavy atom. The number of rotatable bonds is 5. The Morgan fingerprint density at radius 1 is 1.40 bits per heavy atom. The predicted octanol–water partition coefficient (Wildman–Crippen LogP) is 4.21. The number of aryl methyl sites for hydroxylation is 1. The van der Waals surface area contributed by atoms with Gasteiger partial charge in [-0.15, -0.1) is 11.3 Å². The van der Waals surface area contributed by atoms with Gasteiger partial charge in [0.2, 0.25) is 0 Å². The first-order chi connectivity index (χ1) is 9.58. The fourth-order valence-electron chi connectivity index (χ4n) is 1.78. The molecule has 20 heavy (non-hydrogen) atoms. The highest BCUT2D eigenvalue weighted by Crippen LogP contribution is 2.20. The van der Waals surface area contributed by atoms with Crippen molar-refractivity contribution in [3.05, 3.63) is 50.9 Å². The van der Waals surface area contributed by atoms with Crippen molar-refractivity contribution in [2.24, 2.45) is 0 Å². The van der Waals surface area contributed by atoms with Gasteiger partial charge in [-0.3, -0.25) is 4.79 Å². The summed E-state index contributed by atoms with van der Waals surface area (Å²) in [6, 6.07) is 7.29. The van der Waals surface area contributed by atoms with E-state index < -0.39 is 0 Å². The molecule has 0 radical (unpaired) electrons. The van der Waals surface area contributed by atoms with Crippen LogP contribution in [0.4, 0.5) is 0 Å². The topological polar surface area (TPSA) is 39.2 Å². The molecule has 1 unspecified atom stereocenters. The van der Waals surface area contributed by atoms with E-state index in [1.807, 2.05) is 31.4 Å². The number of thiazole rings is 1. The van der Waals surface area contributed by atoms with Crippen LogP contribution in [-0.2, 0) is 22.4 Å². The van der Waals surface area contributed by atoms with Crippen LogP contribution in [0, 0.1) is 0 Å². The van der Waals surface area contributed by atoms with Gasteiger partial charge in [0.25, 0.3) is 0 Å². The van der Waals surface area contributed by atoms with Gasteiger partial charge in [0.15, 0.2) is 0 Å². The van der Waals surface area contributed by atoms with Crippen molar-refractivity contribution in [3.63, 3.8) is 0 Å². The summed E-state index contributed by atoms with van der Waals surface area (Å²) in [7, 11) is 0. The molecule has 0 spiro atoms. The summed E-state index contributed by atoms with van der Waals surface area (Å²) in [5, 5.41) is 3.62. The summed E-state index contributed by atoms with van der Waals surface area (Å²) in [5.74, 6) is -0.264. The smallest absolute Gasteiger partial charge is 0.312 e. The molecule has 5 heteroatoms. The molecule has 0 aliphatic rings. The molecule has 1 atom stereocenters. The summed E-state index contributed by atoms with van der Waals surface area (Å²) in [5.41, 5.74) is 1.70.